The molecule has 1 heterocycles. The van der Waals surface area contributed by atoms with Crippen molar-refractivity contribution in [1.82, 2.24) is 10.2 Å². The van der Waals surface area contributed by atoms with Crippen molar-refractivity contribution in [1.29, 1.82) is 0 Å². The number of terminal acetylenes is 1. The number of piperazine rings is 1. The number of nitrogens with one attached hydrogen (secondary N) is 1. The third-order valence-electron chi connectivity index (χ3n) is 4.05. The van der Waals surface area contributed by atoms with Gasteiger partial charge in [-0.1, -0.05) is 36.3 Å². The van der Waals surface area contributed by atoms with Crippen molar-refractivity contribution in [2.75, 3.05) is 13.1 Å². The van der Waals surface area contributed by atoms with Crippen LogP contribution in [0, 0.1) is 12.3 Å². The zero-order chi connectivity index (χ0) is 13.9. The molecule has 1 saturated heterocycles. The average molecular weight is 256 g/mol. The van der Waals surface area contributed by atoms with E-state index in [9.17, 15) is 0 Å². The fourth-order valence-electron chi connectivity index (χ4n) is 2.83. The molecule has 2 nitrogen and oxygen atoms in total. The molecule has 1 aliphatic heterocycles. The molecule has 1 aromatic rings. The lowest BCUT2D eigenvalue weighted by Gasteiger charge is -2.45. The number of rotatable bonds is 3. The molecule has 2 heteroatoms. The molecule has 1 fully saturated rings. The van der Waals surface area contributed by atoms with Gasteiger partial charge in [0.25, 0.3) is 0 Å². The fraction of sp³-hybridized carbons (Fsp3) is 0.529. The zero-order valence-electron chi connectivity index (χ0n) is 12.2. The molecule has 0 radical (unpaired) electrons. The smallest absolute Gasteiger partial charge is 0.0769 e. The standard InChI is InChI=1S/C17H24N2/c1-5-17(3,4)19-13-16(18-12-14(19)2)11-15-9-7-6-8-10-15/h1,6-10,14,16,18H,11-13H2,2-4H3. The summed E-state index contributed by atoms with van der Waals surface area (Å²) in [5.74, 6) is 2.92. The first kappa shape index (κ1) is 14.1. The van der Waals surface area contributed by atoms with Crippen LogP contribution in [0.15, 0.2) is 30.3 Å². The van der Waals surface area contributed by atoms with Crippen molar-refractivity contribution in [2.45, 2.75) is 44.8 Å². The minimum absolute atomic E-state index is 0.170. The summed E-state index contributed by atoms with van der Waals surface area (Å²) in [6.45, 7) is 8.52. The molecule has 2 rings (SSSR count). The molecule has 1 aromatic carbocycles. The molecular weight excluding hydrogens is 232 g/mol. The van der Waals surface area contributed by atoms with Crippen LogP contribution in [0.5, 0.6) is 0 Å². The van der Waals surface area contributed by atoms with Crippen LogP contribution in [0.2, 0.25) is 0 Å². The fourth-order valence-corrected chi connectivity index (χ4v) is 2.83. The molecule has 0 aromatic heterocycles. The summed E-state index contributed by atoms with van der Waals surface area (Å²) in [6.07, 6.45) is 6.75. The van der Waals surface area contributed by atoms with Crippen molar-refractivity contribution >= 4 is 0 Å². The highest BCUT2D eigenvalue weighted by atomic mass is 15.3. The summed E-state index contributed by atoms with van der Waals surface area (Å²) in [7, 11) is 0. The molecule has 0 aliphatic carbocycles. The number of hydrogen-bond acceptors (Lipinski definition) is 2. The minimum Gasteiger partial charge on any atom is -0.311 e. The van der Waals surface area contributed by atoms with Gasteiger partial charge in [0, 0.05) is 25.2 Å². The van der Waals surface area contributed by atoms with Crippen LogP contribution in [0.3, 0.4) is 0 Å². The van der Waals surface area contributed by atoms with Crippen LogP contribution >= 0.6 is 0 Å². The summed E-state index contributed by atoms with van der Waals surface area (Å²) in [5, 5.41) is 3.63. The van der Waals surface area contributed by atoms with Gasteiger partial charge in [0.05, 0.1) is 5.54 Å². The minimum atomic E-state index is -0.170. The van der Waals surface area contributed by atoms with Crippen molar-refractivity contribution in [3.05, 3.63) is 35.9 Å². The molecular formula is C17H24N2. The molecule has 2 unspecified atom stereocenters. The lowest BCUT2D eigenvalue weighted by Crippen LogP contribution is -2.61. The molecule has 2 atom stereocenters. The first-order chi connectivity index (χ1) is 9.03. The zero-order valence-corrected chi connectivity index (χ0v) is 12.2. The second-order valence-electron chi connectivity index (χ2n) is 6.00. The second-order valence-corrected chi connectivity index (χ2v) is 6.00. The summed E-state index contributed by atoms with van der Waals surface area (Å²) >= 11 is 0. The summed E-state index contributed by atoms with van der Waals surface area (Å²) in [5.41, 5.74) is 1.21. The molecule has 0 saturated carbocycles. The van der Waals surface area contributed by atoms with Gasteiger partial charge in [0.1, 0.15) is 0 Å². The topological polar surface area (TPSA) is 15.3 Å². The maximum absolute atomic E-state index is 5.69. The van der Waals surface area contributed by atoms with Crippen molar-refractivity contribution in [3.63, 3.8) is 0 Å². The third kappa shape index (κ3) is 3.37. The Kier molecular flexibility index (Phi) is 4.29. The highest BCUT2D eigenvalue weighted by molar-refractivity contribution is 5.17. The summed E-state index contributed by atoms with van der Waals surface area (Å²) in [6, 6.07) is 11.6. The summed E-state index contributed by atoms with van der Waals surface area (Å²) in [4.78, 5) is 2.44. The molecule has 0 amide bonds. The second kappa shape index (κ2) is 5.77. The lowest BCUT2D eigenvalue weighted by atomic mass is 9.95. The maximum Gasteiger partial charge on any atom is 0.0769 e. The van der Waals surface area contributed by atoms with Crippen molar-refractivity contribution < 1.29 is 0 Å². The predicted octanol–water partition coefficient (Wildman–Crippen LogP) is 2.30. The van der Waals surface area contributed by atoms with E-state index in [0.29, 0.717) is 12.1 Å². The summed E-state index contributed by atoms with van der Waals surface area (Å²) < 4.78 is 0. The van der Waals surface area contributed by atoms with E-state index in [4.69, 9.17) is 6.42 Å². The Hall–Kier alpha value is -1.30. The van der Waals surface area contributed by atoms with E-state index < -0.39 is 0 Å². The van der Waals surface area contributed by atoms with Crippen LogP contribution in [-0.2, 0) is 6.42 Å². The van der Waals surface area contributed by atoms with Gasteiger partial charge in [-0.15, -0.1) is 6.42 Å². The van der Waals surface area contributed by atoms with Crippen LogP contribution in [0.25, 0.3) is 0 Å². The molecule has 102 valence electrons. The van der Waals surface area contributed by atoms with E-state index in [2.05, 4.69) is 67.2 Å². The number of hydrogen-bond donors (Lipinski definition) is 1. The Bertz CT molecular complexity index is 444. The SMILES string of the molecule is C#CC(C)(C)N1CC(Cc2ccccc2)NCC1C. The lowest BCUT2D eigenvalue weighted by molar-refractivity contribution is 0.0720. The third-order valence-corrected chi connectivity index (χ3v) is 4.05. The predicted molar refractivity (Wildman–Crippen MR) is 81.0 cm³/mol. The molecule has 1 aliphatic rings. The quantitative estimate of drug-likeness (QED) is 0.835. The Labute approximate surface area is 117 Å². The van der Waals surface area contributed by atoms with Crippen LogP contribution in [0.4, 0.5) is 0 Å². The van der Waals surface area contributed by atoms with Gasteiger partial charge in [0.15, 0.2) is 0 Å². The molecule has 0 bridgehead atoms. The Balaban J connectivity index is 2.04. The van der Waals surface area contributed by atoms with Crippen LogP contribution < -0.4 is 5.32 Å². The first-order valence-corrected chi connectivity index (χ1v) is 7.05. The van der Waals surface area contributed by atoms with E-state index >= 15 is 0 Å². The van der Waals surface area contributed by atoms with Gasteiger partial charge in [-0.2, -0.15) is 0 Å². The van der Waals surface area contributed by atoms with Crippen LogP contribution in [0.1, 0.15) is 26.3 Å². The van der Waals surface area contributed by atoms with E-state index in [-0.39, 0.29) is 5.54 Å². The van der Waals surface area contributed by atoms with Crippen LogP contribution in [-0.4, -0.2) is 35.6 Å². The van der Waals surface area contributed by atoms with Gasteiger partial charge in [-0.3, -0.25) is 4.90 Å². The maximum atomic E-state index is 5.69. The number of benzene rings is 1. The van der Waals surface area contributed by atoms with E-state index in [0.717, 1.165) is 19.5 Å². The van der Waals surface area contributed by atoms with Gasteiger partial charge >= 0.3 is 0 Å². The average Bonchev–Trinajstić information content (AvgIpc) is 2.42. The Morgan fingerprint density at radius 1 is 1.37 bits per heavy atom. The van der Waals surface area contributed by atoms with Gasteiger partial charge in [0.2, 0.25) is 0 Å². The van der Waals surface area contributed by atoms with Gasteiger partial charge in [-0.25, -0.2) is 0 Å². The van der Waals surface area contributed by atoms with E-state index in [1.54, 1.807) is 0 Å². The largest absolute Gasteiger partial charge is 0.311 e. The molecule has 19 heavy (non-hydrogen) atoms. The van der Waals surface area contributed by atoms with Crippen molar-refractivity contribution in [3.8, 4) is 12.3 Å². The first-order valence-electron chi connectivity index (χ1n) is 7.05. The Morgan fingerprint density at radius 2 is 2.05 bits per heavy atom. The molecule has 1 N–H and O–H groups in total. The number of nitrogens with zero attached hydrogens (tertiary/aromatic N) is 1. The van der Waals surface area contributed by atoms with E-state index in [1.165, 1.54) is 5.56 Å². The Morgan fingerprint density at radius 3 is 2.68 bits per heavy atom. The normalized spacial score (nSPS) is 24.9. The van der Waals surface area contributed by atoms with Gasteiger partial charge < -0.3 is 5.32 Å². The van der Waals surface area contributed by atoms with Gasteiger partial charge in [-0.05, 0) is 32.8 Å². The monoisotopic (exact) mass is 256 g/mol. The van der Waals surface area contributed by atoms with Crippen molar-refractivity contribution in [2.24, 2.45) is 0 Å². The highest BCUT2D eigenvalue weighted by Gasteiger charge is 2.34. The highest BCUT2D eigenvalue weighted by Crippen LogP contribution is 2.21. The molecule has 0 spiro atoms. The van der Waals surface area contributed by atoms with E-state index in [1.807, 2.05) is 0 Å².